The molecular weight excluding hydrogens is 278 g/mol. The Labute approximate surface area is 129 Å². The third-order valence-corrected chi connectivity index (χ3v) is 3.54. The number of carbonyl (C=O) groups is 1. The number of aromatic amines is 1. The summed E-state index contributed by atoms with van der Waals surface area (Å²) in [5.74, 6) is -0.316. The van der Waals surface area contributed by atoms with E-state index in [1.807, 2.05) is 19.1 Å². The van der Waals surface area contributed by atoms with Crippen LogP contribution in [0.4, 0.5) is 0 Å². The number of hydrogen-bond acceptors (Lipinski definition) is 3. The average molecular weight is 299 g/mol. The fraction of sp³-hybridized carbons (Fsp3) is 0.353. The van der Waals surface area contributed by atoms with E-state index in [0.717, 1.165) is 5.56 Å². The molecule has 5 heteroatoms. The zero-order chi connectivity index (χ0) is 16.3. The predicted molar refractivity (Wildman–Crippen MR) is 85.9 cm³/mol. The molecule has 0 radical (unpaired) electrons. The fourth-order valence-electron chi connectivity index (χ4n) is 2.10. The Bertz CT molecular complexity index is 691. The molecule has 1 amide bonds. The van der Waals surface area contributed by atoms with Gasteiger partial charge in [-0.1, -0.05) is 45.0 Å². The van der Waals surface area contributed by atoms with Crippen molar-refractivity contribution >= 4 is 5.91 Å². The van der Waals surface area contributed by atoms with Gasteiger partial charge in [0.15, 0.2) is 0 Å². The van der Waals surface area contributed by atoms with Crippen LogP contribution in [0, 0.1) is 0 Å². The molecule has 22 heavy (non-hydrogen) atoms. The van der Waals surface area contributed by atoms with Gasteiger partial charge in [-0.15, -0.1) is 0 Å². The van der Waals surface area contributed by atoms with Crippen molar-refractivity contribution in [3.8, 4) is 0 Å². The van der Waals surface area contributed by atoms with Crippen molar-refractivity contribution in [2.24, 2.45) is 0 Å². The van der Waals surface area contributed by atoms with E-state index in [4.69, 9.17) is 0 Å². The number of aromatic nitrogens is 2. The zero-order valence-corrected chi connectivity index (χ0v) is 13.3. The van der Waals surface area contributed by atoms with Gasteiger partial charge in [0.05, 0.1) is 6.04 Å². The minimum absolute atomic E-state index is 0.102. The van der Waals surface area contributed by atoms with Crippen LogP contribution in [-0.2, 0) is 5.41 Å². The molecule has 0 bridgehead atoms. The molecule has 0 spiro atoms. The van der Waals surface area contributed by atoms with Crippen LogP contribution in [0.5, 0.6) is 0 Å². The van der Waals surface area contributed by atoms with E-state index in [9.17, 15) is 9.59 Å². The van der Waals surface area contributed by atoms with Gasteiger partial charge in [-0.3, -0.25) is 9.59 Å². The van der Waals surface area contributed by atoms with E-state index in [2.05, 4.69) is 48.4 Å². The second kappa shape index (κ2) is 6.13. The summed E-state index contributed by atoms with van der Waals surface area (Å²) in [5.41, 5.74) is 2.23. The largest absolute Gasteiger partial charge is 0.344 e. The Balaban J connectivity index is 2.08. The Morgan fingerprint density at radius 3 is 2.27 bits per heavy atom. The van der Waals surface area contributed by atoms with Crippen LogP contribution in [0.3, 0.4) is 0 Å². The van der Waals surface area contributed by atoms with E-state index in [-0.39, 0.29) is 28.6 Å². The highest BCUT2D eigenvalue weighted by Crippen LogP contribution is 2.23. The van der Waals surface area contributed by atoms with Crippen molar-refractivity contribution in [2.45, 2.75) is 39.2 Å². The molecule has 116 valence electrons. The molecule has 1 atom stereocenters. The lowest BCUT2D eigenvalue weighted by Crippen LogP contribution is -2.28. The van der Waals surface area contributed by atoms with Gasteiger partial charge < -0.3 is 5.32 Å². The Morgan fingerprint density at radius 2 is 1.77 bits per heavy atom. The Kier molecular flexibility index (Phi) is 4.45. The van der Waals surface area contributed by atoms with Crippen LogP contribution >= 0.6 is 0 Å². The maximum absolute atomic E-state index is 12.1. The first kappa shape index (κ1) is 15.9. The molecular formula is C17H21N3O2. The molecule has 0 aliphatic heterocycles. The van der Waals surface area contributed by atoms with E-state index >= 15 is 0 Å². The van der Waals surface area contributed by atoms with Crippen molar-refractivity contribution in [1.29, 1.82) is 0 Å². The molecule has 1 aromatic carbocycles. The van der Waals surface area contributed by atoms with Gasteiger partial charge in [0.1, 0.15) is 5.69 Å². The molecule has 2 N–H and O–H groups in total. The van der Waals surface area contributed by atoms with E-state index in [0.29, 0.717) is 0 Å². The molecule has 1 aromatic heterocycles. The van der Waals surface area contributed by atoms with E-state index in [1.165, 1.54) is 17.7 Å². The minimum Gasteiger partial charge on any atom is -0.344 e. The number of amides is 1. The van der Waals surface area contributed by atoms with Gasteiger partial charge in [-0.25, -0.2) is 5.10 Å². The fourth-order valence-corrected chi connectivity index (χ4v) is 2.10. The third-order valence-electron chi connectivity index (χ3n) is 3.54. The Hall–Kier alpha value is -2.43. The number of benzene rings is 1. The molecule has 2 aromatic rings. The first-order valence-electron chi connectivity index (χ1n) is 7.24. The summed E-state index contributed by atoms with van der Waals surface area (Å²) in [6.07, 6.45) is 0. The summed E-state index contributed by atoms with van der Waals surface area (Å²) >= 11 is 0. The number of carbonyl (C=O) groups excluding carboxylic acids is 1. The first-order valence-corrected chi connectivity index (χ1v) is 7.24. The van der Waals surface area contributed by atoms with E-state index in [1.54, 1.807) is 0 Å². The monoisotopic (exact) mass is 299 g/mol. The number of nitrogens with one attached hydrogen (secondary N) is 2. The van der Waals surface area contributed by atoms with Crippen molar-refractivity contribution in [1.82, 2.24) is 15.5 Å². The maximum Gasteiger partial charge on any atom is 0.272 e. The van der Waals surface area contributed by atoms with Gasteiger partial charge in [-0.2, -0.15) is 5.10 Å². The van der Waals surface area contributed by atoms with Crippen molar-refractivity contribution in [2.75, 3.05) is 0 Å². The summed E-state index contributed by atoms with van der Waals surface area (Å²) in [4.78, 5) is 23.0. The first-order chi connectivity index (χ1) is 10.3. The second-order valence-electron chi connectivity index (χ2n) is 6.37. The lowest BCUT2D eigenvalue weighted by molar-refractivity contribution is 0.0933. The quantitative estimate of drug-likeness (QED) is 0.914. The summed E-state index contributed by atoms with van der Waals surface area (Å²) in [5, 5.41) is 8.84. The molecule has 0 saturated carbocycles. The second-order valence-corrected chi connectivity index (χ2v) is 6.37. The summed E-state index contributed by atoms with van der Waals surface area (Å²) in [6.45, 7) is 8.40. The molecule has 0 aliphatic carbocycles. The summed E-state index contributed by atoms with van der Waals surface area (Å²) in [6, 6.07) is 10.7. The number of rotatable bonds is 3. The number of nitrogens with zero attached hydrogens (tertiary/aromatic N) is 1. The van der Waals surface area contributed by atoms with Crippen molar-refractivity contribution in [3.05, 3.63) is 63.6 Å². The smallest absolute Gasteiger partial charge is 0.272 e. The summed E-state index contributed by atoms with van der Waals surface area (Å²) < 4.78 is 0. The summed E-state index contributed by atoms with van der Waals surface area (Å²) in [7, 11) is 0. The van der Waals surface area contributed by atoms with Crippen LogP contribution in [0.1, 0.15) is 55.4 Å². The van der Waals surface area contributed by atoms with Gasteiger partial charge in [-0.05, 0) is 29.5 Å². The van der Waals surface area contributed by atoms with Crippen molar-refractivity contribution in [3.63, 3.8) is 0 Å². The van der Waals surface area contributed by atoms with Crippen molar-refractivity contribution < 1.29 is 4.79 Å². The normalized spacial score (nSPS) is 12.7. The number of H-pyrrole nitrogens is 1. The molecule has 0 aliphatic rings. The molecule has 1 heterocycles. The minimum atomic E-state index is -0.331. The standard InChI is InChI=1S/C17H21N3O2/c1-11(12-5-7-13(8-6-12)17(2,3)4)18-16(22)14-9-10-15(21)20-19-14/h5-11H,1-4H3,(H,18,22)(H,20,21). The van der Waals surface area contributed by atoms with Gasteiger partial charge in [0.25, 0.3) is 11.5 Å². The third kappa shape index (κ3) is 3.81. The number of hydrogen-bond donors (Lipinski definition) is 2. The molecule has 0 fully saturated rings. The predicted octanol–water partition coefficient (Wildman–Crippen LogP) is 2.56. The SMILES string of the molecule is CC(NC(=O)c1ccc(=O)[nH]n1)c1ccc(C(C)(C)C)cc1. The topological polar surface area (TPSA) is 74.8 Å². The maximum atomic E-state index is 12.1. The van der Waals surface area contributed by atoms with Gasteiger partial charge in [0.2, 0.25) is 0 Å². The van der Waals surface area contributed by atoms with Crippen LogP contribution in [0.15, 0.2) is 41.2 Å². The van der Waals surface area contributed by atoms with Gasteiger partial charge >= 0.3 is 0 Å². The highest BCUT2D eigenvalue weighted by Gasteiger charge is 2.16. The van der Waals surface area contributed by atoms with Crippen LogP contribution in [0.25, 0.3) is 0 Å². The van der Waals surface area contributed by atoms with E-state index < -0.39 is 0 Å². The molecule has 1 unspecified atom stereocenters. The van der Waals surface area contributed by atoms with Gasteiger partial charge in [0, 0.05) is 6.07 Å². The van der Waals surface area contributed by atoms with Crippen LogP contribution < -0.4 is 10.9 Å². The highest BCUT2D eigenvalue weighted by molar-refractivity contribution is 5.92. The molecule has 5 nitrogen and oxygen atoms in total. The lowest BCUT2D eigenvalue weighted by atomic mass is 9.86. The van der Waals surface area contributed by atoms with Crippen LogP contribution in [-0.4, -0.2) is 16.1 Å². The Morgan fingerprint density at radius 1 is 1.14 bits per heavy atom. The lowest BCUT2D eigenvalue weighted by Gasteiger charge is -2.20. The zero-order valence-electron chi connectivity index (χ0n) is 13.3. The average Bonchev–Trinajstić information content (AvgIpc) is 2.47. The molecule has 0 saturated heterocycles. The van der Waals surface area contributed by atoms with Crippen LogP contribution in [0.2, 0.25) is 0 Å². The highest BCUT2D eigenvalue weighted by atomic mass is 16.2. The molecule has 2 rings (SSSR count).